The Bertz CT molecular complexity index is 879. The lowest BCUT2D eigenvalue weighted by atomic mass is 10.1. The van der Waals surface area contributed by atoms with E-state index in [2.05, 4.69) is 0 Å². The maximum absolute atomic E-state index is 12.4. The van der Waals surface area contributed by atoms with E-state index in [9.17, 15) is 18.0 Å². The molecule has 0 unspecified atom stereocenters. The molecule has 1 aliphatic heterocycles. The summed E-state index contributed by atoms with van der Waals surface area (Å²) in [7, 11) is -4.07. The van der Waals surface area contributed by atoms with Crippen LogP contribution in [0, 0.1) is 0 Å². The molecular weight excluding hydrogens is 316 g/mol. The summed E-state index contributed by atoms with van der Waals surface area (Å²) in [6.45, 7) is -0.505. The maximum Gasteiger partial charge on any atom is 0.338 e. The van der Waals surface area contributed by atoms with Crippen LogP contribution in [-0.2, 0) is 14.8 Å². The third-order valence-electron chi connectivity index (χ3n) is 3.12. The highest BCUT2D eigenvalue weighted by Gasteiger charge is 2.37. The first-order valence-corrected chi connectivity index (χ1v) is 7.75. The normalized spacial score (nSPS) is 15.6. The average molecular weight is 325 g/mol. The molecule has 0 saturated carbocycles. The van der Waals surface area contributed by atoms with Crippen LogP contribution in [-0.4, -0.2) is 31.2 Å². The molecule has 6 nitrogen and oxygen atoms in total. The molecule has 0 aromatic heterocycles. The van der Waals surface area contributed by atoms with Crippen molar-refractivity contribution >= 4 is 44.3 Å². The van der Waals surface area contributed by atoms with Crippen molar-refractivity contribution in [1.82, 2.24) is 9.62 Å². The number of urea groups is 1. The first-order valence-electron chi connectivity index (χ1n) is 5.94. The molecule has 0 aliphatic carbocycles. The smallest absolute Gasteiger partial charge is 0.275 e. The van der Waals surface area contributed by atoms with Gasteiger partial charge in [0.15, 0.2) is 0 Å². The van der Waals surface area contributed by atoms with Gasteiger partial charge in [-0.1, -0.05) is 23.7 Å². The van der Waals surface area contributed by atoms with Gasteiger partial charge in [0.1, 0.15) is 6.54 Å². The number of fused-ring (bicyclic) bond motifs is 1. The highest BCUT2D eigenvalue weighted by molar-refractivity contribution is 7.89. The first-order chi connectivity index (χ1) is 9.88. The fraction of sp³-hybridized carbons (Fsp3) is 0.0769. The van der Waals surface area contributed by atoms with Crippen molar-refractivity contribution in [3.05, 3.63) is 41.4 Å². The topological polar surface area (TPSA) is 83.6 Å². The van der Waals surface area contributed by atoms with E-state index in [1.807, 2.05) is 5.32 Å². The van der Waals surface area contributed by atoms with Crippen molar-refractivity contribution < 1.29 is 18.0 Å². The Morgan fingerprint density at radius 2 is 1.76 bits per heavy atom. The number of hydrogen-bond acceptors (Lipinski definition) is 4. The summed E-state index contributed by atoms with van der Waals surface area (Å²) >= 11 is 5.89. The van der Waals surface area contributed by atoms with E-state index in [-0.39, 0.29) is 4.90 Å². The Morgan fingerprint density at radius 1 is 1.05 bits per heavy atom. The predicted molar refractivity (Wildman–Crippen MR) is 76.4 cm³/mol. The third-order valence-corrected chi connectivity index (χ3v) is 5.08. The van der Waals surface area contributed by atoms with E-state index in [0.29, 0.717) is 14.7 Å². The SMILES string of the molecule is O=C1CN(S(=O)(=O)c2ccc3ccc(Cl)cc3c2)C(=O)N1. The van der Waals surface area contributed by atoms with Crippen molar-refractivity contribution in [3.8, 4) is 0 Å². The van der Waals surface area contributed by atoms with Gasteiger partial charge in [-0.3, -0.25) is 10.1 Å². The van der Waals surface area contributed by atoms with Gasteiger partial charge in [0, 0.05) is 5.02 Å². The fourth-order valence-corrected chi connectivity index (χ4v) is 3.60. The molecule has 21 heavy (non-hydrogen) atoms. The van der Waals surface area contributed by atoms with Crippen LogP contribution >= 0.6 is 11.6 Å². The first kappa shape index (κ1) is 13.8. The summed E-state index contributed by atoms with van der Waals surface area (Å²) in [5.41, 5.74) is 0. The zero-order chi connectivity index (χ0) is 15.2. The van der Waals surface area contributed by atoms with E-state index in [0.717, 1.165) is 5.39 Å². The number of nitrogens with one attached hydrogen (secondary N) is 1. The Morgan fingerprint density at radius 3 is 2.43 bits per heavy atom. The standard InChI is InChI=1S/C13H9ClN2O4S/c14-10-3-1-8-2-4-11(6-9(8)5-10)21(19,20)16-7-12(17)15-13(16)18/h1-6H,7H2,(H,15,17,18). The Balaban J connectivity index is 2.10. The lowest BCUT2D eigenvalue weighted by Crippen LogP contribution is -2.34. The van der Waals surface area contributed by atoms with Gasteiger partial charge in [-0.25, -0.2) is 17.5 Å². The minimum Gasteiger partial charge on any atom is -0.275 e. The predicted octanol–water partition coefficient (Wildman–Crippen LogP) is 1.73. The highest BCUT2D eigenvalue weighted by atomic mass is 35.5. The number of carbonyl (C=O) groups excluding carboxylic acids is 2. The van der Waals surface area contributed by atoms with Crippen molar-refractivity contribution in [1.29, 1.82) is 0 Å². The molecule has 1 heterocycles. The minimum absolute atomic E-state index is 0.0675. The van der Waals surface area contributed by atoms with Crippen molar-refractivity contribution in [3.63, 3.8) is 0 Å². The second-order valence-corrected chi connectivity index (χ2v) is 6.82. The Kier molecular flexibility index (Phi) is 3.11. The lowest BCUT2D eigenvalue weighted by molar-refractivity contribution is -0.118. The van der Waals surface area contributed by atoms with Crippen molar-refractivity contribution in [2.75, 3.05) is 6.54 Å². The minimum atomic E-state index is -4.07. The van der Waals surface area contributed by atoms with Crippen LogP contribution in [0.4, 0.5) is 4.79 Å². The Hall–Kier alpha value is -2.12. The Labute approximate surface area is 125 Å². The zero-order valence-electron chi connectivity index (χ0n) is 10.5. The summed E-state index contributed by atoms with van der Waals surface area (Å²) in [6.07, 6.45) is 0. The molecule has 0 atom stereocenters. The number of benzene rings is 2. The number of halogens is 1. The molecule has 3 rings (SSSR count). The highest BCUT2D eigenvalue weighted by Crippen LogP contribution is 2.25. The number of hydrogen-bond donors (Lipinski definition) is 1. The maximum atomic E-state index is 12.4. The van der Waals surface area contributed by atoms with Gasteiger partial charge < -0.3 is 0 Å². The molecule has 1 N–H and O–H groups in total. The summed E-state index contributed by atoms with van der Waals surface area (Å²) < 4.78 is 25.3. The number of imide groups is 1. The quantitative estimate of drug-likeness (QED) is 0.853. The van der Waals surface area contributed by atoms with Gasteiger partial charge in [-0.15, -0.1) is 0 Å². The molecular formula is C13H9ClN2O4S. The molecule has 0 spiro atoms. The number of rotatable bonds is 2. The number of amides is 3. The van der Waals surface area contributed by atoms with E-state index >= 15 is 0 Å². The molecule has 0 bridgehead atoms. The average Bonchev–Trinajstić information content (AvgIpc) is 2.77. The molecule has 108 valence electrons. The van der Waals surface area contributed by atoms with E-state index in [1.54, 1.807) is 24.3 Å². The van der Waals surface area contributed by atoms with Crippen LogP contribution < -0.4 is 5.32 Å². The summed E-state index contributed by atoms with van der Waals surface area (Å²) in [5, 5.41) is 3.87. The summed E-state index contributed by atoms with van der Waals surface area (Å²) in [6, 6.07) is 8.59. The molecule has 2 aromatic carbocycles. The number of carbonyl (C=O) groups is 2. The van der Waals surface area contributed by atoms with Crippen LogP contribution in [0.15, 0.2) is 41.3 Å². The van der Waals surface area contributed by atoms with Gasteiger partial charge in [-0.2, -0.15) is 0 Å². The molecule has 2 aromatic rings. The monoisotopic (exact) mass is 324 g/mol. The van der Waals surface area contributed by atoms with Gasteiger partial charge in [-0.05, 0) is 35.0 Å². The van der Waals surface area contributed by atoms with Crippen LogP contribution in [0.1, 0.15) is 0 Å². The molecule has 3 amide bonds. The number of nitrogens with zero attached hydrogens (tertiary/aromatic N) is 1. The zero-order valence-corrected chi connectivity index (χ0v) is 12.1. The van der Waals surface area contributed by atoms with E-state index in [1.165, 1.54) is 12.1 Å². The summed E-state index contributed by atoms with van der Waals surface area (Å²) in [4.78, 5) is 22.6. The molecule has 1 saturated heterocycles. The summed E-state index contributed by atoms with van der Waals surface area (Å²) in [5.74, 6) is -0.646. The van der Waals surface area contributed by atoms with E-state index in [4.69, 9.17) is 11.6 Å². The van der Waals surface area contributed by atoms with Gasteiger partial charge >= 0.3 is 6.03 Å². The van der Waals surface area contributed by atoms with Crippen molar-refractivity contribution in [2.45, 2.75) is 4.90 Å². The van der Waals surface area contributed by atoms with Crippen LogP contribution in [0.25, 0.3) is 10.8 Å². The van der Waals surface area contributed by atoms with Crippen LogP contribution in [0.5, 0.6) is 0 Å². The number of sulfonamides is 1. The van der Waals surface area contributed by atoms with Crippen LogP contribution in [0.3, 0.4) is 0 Å². The molecule has 1 fully saturated rings. The second kappa shape index (κ2) is 4.71. The van der Waals surface area contributed by atoms with Crippen molar-refractivity contribution in [2.24, 2.45) is 0 Å². The second-order valence-electron chi connectivity index (χ2n) is 4.52. The molecule has 1 aliphatic rings. The van der Waals surface area contributed by atoms with E-state index < -0.39 is 28.5 Å². The lowest BCUT2D eigenvalue weighted by Gasteiger charge is -2.14. The van der Waals surface area contributed by atoms with Gasteiger partial charge in [0.05, 0.1) is 4.90 Å². The fourth-order valence-electron chi connectivity index (χ4n) is 2.10. The van der Waals surface area contributed by atoms with Crippen LogP contribution in [0.2, 0.25) is 5.02 Å². The van der Waals surface area contributed by atoms with Gasteiger partial charge in [0.25, 0.3) is 10.0 Å². The van der Waals surface area contributed by atoms with Gasteiger partial charge in [0.2, 0.25) is 5.91 Å². The third kappa shape index (κ3) is 2.34. The molecule has 0 radical (unpaired) electrons. The molecule has 8 heteroatoms. The largest absolute Gasteiger partial charge is 0.338 e.